The second-order valence-corrected chi connectivity index (χ2v) is 6.42. The lowest BCUT2D eigenvalue weighted by molar-refractivity contribution is -0.137. The molecule has 2 aromatic rings. The van der Waals surface area contributed by atoms with E-state index in [4.69, 9.17) is 14.6 Å². The number of ether oxygens (including phenoxy) is 2. The summed E-state index contributed by atoms with van der Waals surface area (Å²) in [6.07, 6.45) is 2.44. The molecule has 0 spiro atoms. The Morgan fingerprint density at radius 1 is 1.40 bits per heavy atom. The fraction of sp³-hybridized carbons (Fsp3) is 0.444. The smallest absolute Gasteiger partial charge is 0.230 e. The first kappa shape index (κ1) is 16.0. The van der Waals surface area contributed by atoms with E-state index in [0.717, 1.165) is 22.6 Å². The Balaban J connectivity index is 1.48. The van der Waals surface area contributed by atoms with Crippen LogP contribution in [0.4, 0.5) is 0 Å². The largest absolute Gasteiger partial charge is 0.493 e. The van der Waals surface area contributed by atoms with E-state index in [1.165, 1.54) is 0 Å². The molecule has 1 atom stereocenters. The third-order valence-electron chi connectivity index (χ3n) is 4.89. The maximum absolute atomic E-state index is 12.9. The SMILES string of the molecule is COc1cccc2c1OCC(C(=O)N1Cc3cnn(CCO)c3C1)C2. The molecule has 0 fully saturated rings. The molecule has 1 N–H and O–H groups in total. The van der Waals surface area contributed by atoms with Crippen molar-refractivity contribution in [1.29, 1.82) is 0 Å². The van der Waals surface area contributed by atoms with E-state index in [9.17, 15) is 4.79 Å². The van der Waals surface area contributed by atoms with Gasteiger partial charge in [0.05, 0.1) is 44.6 Å². The number of rotatable bonds is 4. The summed E-state index contributed by atoms with van der Waals surface area (Å²) in [6, 6.07) is 5.77. The lowest BCUT2D eigenvalue weighted by Gasteiger charge is -2.28. The summed E-state index contributed by atoms with van der Waals surface area (Å²) in [5.74, 6) is 1.36. The van der Waals surface area contributed by atoms with Gasteiger partial charge in [-0.05, 0) is 18.1 Å². The van der Waals surface area contributed by atoms with Gasteiger partial charge in [-0.3, -0.25) is 9.48 Å². The Morgan fingerprint density at radius 3 is 3.08 bits per heavy atom. The lowest BCUT2D eigenvalue weighted by Crippen LogP contribution is -2.38. The molecule has 1 unspecified atom stereocenters. The van der Waals surface area contributed by atoms with E-state index in [-0.39, 0.29) is 18.4 Å². The summed E-state index contributed by atoms with van der Waals surface area (Å²) in [7, 11) is 1.62. The predicted molar refractivity (Wildman–Crippen MR) is 89.2 cm³/mol. The van der Waals surface area contributed by atoms with Gasteiger partial charge in [0.2, 0.25) is 5.91 Å². The zero-order chi connectivity index (χ0) is 17.4. The quantitative estimate of drug-likeness (QED) is 0.895. The molecule has 1 aromatic heterocycles. The lowest BCUT2D eigenvalue weighted by atomic mass is 9.95. The third kappa shape index (κ3) is 2.74. The zero-order valence-electron chi connectivity index (χ0n) is 14.1. The van der Waals surface area contributed by atoms with Crippen molar-refractivity contribution in [2.24, 2.45) is 5.92 Å². The van der Waals surface area contributed by atoms with Crippen molar-refractivity contribution < 1.29 is 19.4 Å². The van der Waals surface area contributed by atoms with Gasteiger partial charge >= 0.3 is 0 Å². The van der Waals surface area contributed by atoms with Gasteiger partial charge in [-0.15, -0.1) is 0 Å². The van der Waals surface area contributed by atoms with Crippen LogP contribution in [0.1, 0.15) is 16.8 Å². The van der Waals surface area contributed by atoms with Crippen molar-refractivity contribution in [3.8, 4) is 11.5 Å². The molecule has 0 bridgehead atoms. The molecule has 0 saturated carbocycles. The number of benzene rings is 1. The highest BCUT2D eigenvalue weighted by atomic mass is 16.5. The van der Waals surface area contributed by atoms with Crippen LogP contribution < -0.4 is 9.47 Å². The van der Waals surface area contributed by atoms with Crippen LogP contribution in [0.15, 0.2) is 24.4 Å². The number of hydrogen-bond donors (Lipinski definition) is 1. The van der Waals surface area contributed by atoms with Crippen molar-refractivity contribution in [3.05, 3.63) is 41.2 Å². The van der Waals surface area contributed by atoms with E-state index >= 15 is 0 Å². The second kappa shape index (κ2) is 6.40. The Kier molecular flexibility index (Phi) is 4.09. The van der Waals surface area contributed by atoms with Crippen molar-refractivity contribution in [3.63, 3.8) is 0 Å². The normalized spacial score (nSPS) is 18.5. The molecule has 132 valence electrons. The molecule has 2 aliphatic rings. The summed E-state index contributed by atoms with van der Waals surface area (Å²) in [5, 5.41) is 13.4. The monoisotopic (exact) mass is 343 g/mol. The number of aliphatic hydroxyl groups excluding tert-OH is 1. The minimum Gasteiger partial charge on any atom is -0.493 e. The van der Waals surface area contributed by atoms with Crippen molar-refractivity contribution in [2.45, 2.75) is 26.1 Å². The van der Waals surface area contributed by atoms with Gasteiger partial charge in [0.1, 0.15) is 6.61 Å². The minimum atomic E-state index is -0.192. The van der Waals surface area contributed by atoms with Crippen LogP contribution in [0, 0.1) is 5.92 Å². The number of amides is 1. The number of para-hydroxylation sites is 1. The van der Waals surface area contributed by atoms with Crippen LogP contribution >= 0.6 is 0 Å². The predicted octanol–water partition coefficient (Wildman–Crippen LogP) is 0.977. The summed E-state index contributed by atoms with van der Waals surface area (Å²) in [6.45, 7) is 1.97. The Labute approximate surface area is 145 Å². The first-order valence-electron chi connectivity index (χ1n) is 8.43. The van der Waals surface area contributed by atoms with E-state index in [1.54, 1.807) is 18.0 Å². The van der Waals surface area contributed by atoms with Crippen LogP contribution in [0.2, 0.25) is 0 Å². The highest BCUT2D eigenvalue weighted by Gasteiger charge is 2.34. The number of carbonyl (C=O) groups is 1. The fourth-order valence-electron chi connectivity index (χ4n) is 3.62. The van der Waals surface area contributed by atoms with Gasteiger partial charge in [-0.2, -0.15) is 5.10 Å². The van der Waals surface area contributed by atoms with Gasteiger partial charge in [0.15, 0.2) is 11.5 Å². The number of methoxy groups -OCH3 is 1. The molecule has 0 radical (unpaired) electrons. The number of hydrogen-bond acceptors (Lipinski definition) is 5. The van der Waals surface area contributed by atoms with Crippen LogP contribution in [-0.4, -0.2) is 46.0 Å². The fourth-order valence-corrected chi connectivity index (χ4v) is 3.62. The van der Waals surface area contributed by atoms with Gasteiger partial charge in [0.25, 0.3) is 0 Å². The second-order valence-electron chi connectivity index (χ2n) is 6.42. The minimum absolute atomic E-state index is 0.0388. The highest BCUT2D eigenvalue weighted by Crippen LogP contribution is 2.37. The van der Waals surface area contributed by atoms with Gasteiger partial charge in [-0.25, -0.2) is 0 Å². The maximum Gasteiger partial charge on any atom is 0.230 e. The van der Waals surface area contributed by atoms with Crippen molar-refractivity contribution in [1.82, 2.24) is 14.7 Å². The maximum atomic E-state index is 12.9. The Bertz CT molecular complexity index is 802. The molecule has 4 rings (SSSR count). The van der Waals surface area contributed by atoms with Crippen molar-refractivity contribution >= 4 is 5.91 Å². The first-order chi connectivity index (χ1) is 12.2. The standard InChI is InChI=1S/C18H21N3O4/c1-24-16-4-2-3-12-7-13(11-25-17(12)16)18(23)20-9-14-8-19-21(5-6-22)15(14)10-20/h2-4,8,13,22H,5-7,9-11H2,1H3. The number of aliphatic hydroxyl groups is 1. The van der Waals surface area contributed by atoms with Crippen LogP contribution in [0.25, 0.3) is 0 Å². The van der Waals surface area contributed by atoms with Gasteiger partial charge in [-0.1, -0.05) is 12.1 Å². The molecule has 1 amide bonds. The number of nitrogens with zero attached hydrogens (tertiary/aromatic N) is 3. The molecule has 0 aliphatic carbocycles. The average Bonchev–Trinajstić information content (AvgIpc) is 3.22. The van der Waals surface area contributed by atoms with E-state index in [2.05, 4.69) is 5.10 Å². The van der Waals surface area contributed by atoms with Crippen LogP contribution in [0.3, 0.4) is 0 Å². The number of carbonyl (C=O) groups excluding carboxylic acids is 1. The zero-order valence-corrected chi connectivity index (χ0v) is 14.1. The van der Waals surface area contributed by atoms with Crippen molar-refractivity contribution in [2.75, 3.05) is 20.3 Å². The van der Waals surface area contributed by atoms with E-state index in [1.807, 2.05) is 23.1 Å². The molecule has 3 heterocycles. The van der Waals surface area contributed by atoms with E-state index in [0.29, 0.717) is 38.4 Å². The third-order valence-corrected chi connectivity index (χ3v) is 4.89. The summed E-state index contributed by atoms with van der Waals surface area (Å²) in [5.41, 5.74) is 3.08. The summed E-state index contributed by atoms with van der Waals surface area (Å²) in [4.78, 5) is 14.8. The molecule has 1 aromatic carbocycles. The Morgan fingerprint density at radius 2 is 2.28 bits per heavy atom. The number of aromatic nitrogens is 2. The van der Waals surface area contributed by atoms with Crippen LogP contribution in [-0.2, 0) is 30.8 Å². The van der Waals surface area contributed by atoms with Crippen LogP contribution in [0.5, 0.6) is 11.5 Å². The molecular formula is C18H21N3O4. The molecular weight excluding hydrogens is 322 g/mol. The first-order valence-corrected chi connectivity index (χ1v) is 8.43. The van der Waals surface area contributed by atoms with E-state index < -0.39 is 0 Å². The molecule has 7 nitrogen and oxygen atoms in total. The molecule has 2 aliphatic heterocycles. The number of fused-ring (bicyclic) bond motifs is 2. The molecule has 25 heavy (non-hydrogen) atoms. The van der Waals surface area contributed by atoms with Gasteiger partial charge in [0, 0.05) is 12.1 Å². The topological polar surface area (TPSA) is 76.8 Å². The van der Waals surface area contributed by atoms with Gasteiger partial charge < -0.3 is 19.5 Å². The molecule has 7 heteroatoms. The summed E-state index contributed by atoms with van der Waals surface area (Å²) < 4.78 is 12.9. The summed E-state index contributed by atoms with van der Waals surface area (Å²) >= 11 is 0. The highest BCUT2D eigenvalue weighted by molar-refractivity contribution is 5.80. The molecule has 0 saturated heterocycles. The Hall–Kier alpha value is -2.54. The average molecular weight is 343 g/mol.